The molecule has 0 spiro atoms. The van der Waals surface area contributed by atoms with Crippen molar-refractivity contribution in [3.05, 3.63) is 88.5 Å². The van der Waals surface area contributed by atoms with E-state index in [1.54, 1.807) is 12.1 Å². The molecule has 1 heterocycles. The SMILES string of the molecule is Cc1n[nH]c(C)c1CNC(=O)C[C@H](c1ccccc1)c1ccc(F)cc1. The number of halogens is 1. The fourth-order valence-electron chi connectivity index (χ4n) is 3.09. The summed E-state index contributed by atoms with van der Waals surface area (Å²) in [5.41, 5.74) is 4.81. The van der Waals surface area contributed by atoms with Crippen molar-refractivity contribution in [3.63, 3.8) is 0 Å². The average molecular weight is 351 g/mol. The number of carbonyl (C=O) groups is 1. The number of aromatic amines is 1. The summed E-state index contributed by atoms with van der Waals surface area (Å²) >= 11 is 0. The summed E-state index contributed by atoms with van der Waals surface area (Å²) in [6.07, 6.45) is 0.297. The van der Waals surface area contributed by atoms with Gasteiger partial charge in [-0.3, -0.25) is 9.89 Å². The van der Waals surface area contributed by atoms with Crippen molar-refractivity contribution in [2.24, 2.45) is 0 Å². The number of aryl methyl sites for hydroxylation is 2. The van der Waals surface area contributed by atoms with Crippen LogP contribution in [-0.2, 0) is 11.3 Å². The Morgan fingerprint density at radius 3 is 2.35 bits per heavy atom. The van der Waals surface area contributed by atoms with Crippen LogP contribution in [0.4, 0.5) is 4.39 Å². The molecule has 134 valence electrons. The monoisotopic (exact) mass is 351 g/mol. The number of nitrogens with one attached hydrogen (secondary N) is 2. The molecule has 0 fully saturated rings. The maximum absolute atomic E-state index is 13.3. The predicted molar refractivity (Wildman–Crippen MR) is 99.2 cm³/mol. The van der Waals surface area contributed by atoms with E-state index in [1.165, 1.54) is 12.1 Å². The standard InChI is InChI=1S/C21H22FN3O/c1-14-20(15(2)25-24-14)13-23-21(26)12-19(16-6-4-3-5-7-16)17-8-10-18(22)11-9-17/h3-11,19H,12-13H2,1-2H3,(H,23,26)(H,24,25)/t19-/m1/s1. The van der Waals surface area contributed by atoms with E-state index in [-0.39, 0.29) is 17.6 Å². The molecule has 3 rings (SSSR count). The lowest BCUT2D eigenvalue weighted by molar-refractivity contribution is -0.121. The molecule has 0 radical (unpaired) electrons. The molecule has 3 aromatic rings. The lowest BCUT2D eigenvalue weighted by atomic mass is 9.88. The Balaban J connectivity index is 1.75. The largest absolute Gasteiger partial charge is 0.352 e. The van der Waals surface area contributed by atoms with Crippen molar-refractivity contribution in [1.29, 1.82) is 0 Å². The van der Waals surface area contributed by atoms with E-state index in [0.29, 0.717) is 13.0 Å². The van der Waals surface area contributed by atoms with E-state index in [0.717, 1.165) is 28.1 Å². The molecular weight excluding hydrogens is 329 g/mol. The van der Waals surface area contributed by atoms with E-state index in [1.807, 2.05) is 44.2 Å². The third-order valence-electron chi connectivity index (χ3n) is 4.61. The van der Waals surface area contributed by atoms with Crippen molar-refractivity contribution in [1.82, 2.24) is 15.5 Å². The molecule has 2 aromatic carbocycles. The van der Waals surface area contributed by atoms with Crippen molar-refractivity contribution in [2.45, 2.75) is 32.7 Å². The zero-order valence-electron chi connectivity index (χ0n) is 14.9. The fraction of sp³-hybridized carbons (Fsp3) is 0.238. The van der Waals surface area contributed by atoms with Gasteiger partial charge in [0.2, 0.25) is 5.91 Å². The number of hydrogen-bond donors (Lipinski definition) is 2. The van der Waals surface area contributed by atoms with Gasteiger partial charge in [0, 0.05) is 30.1 Å². The number of rotatable bonds is 6. The van der Waals surface area contributed by atoms with Gasteiger partial charge < -0.3 is 5.32 Å². The number of amides is 1. The third-order valence-corrected chi connectivity index (χ3v) is 4.61. The molecule has 0 saturated heterocycles. The minimum atomic E-state index is -0.282. The molecule has 0 saturated carbocycles. The van der Waals surface area contributed by atoms with Crippen molar-refractivity contribution < 1.29 is 9.18 Å². The van der Waals surface area contributed by atoms with Crippen LogP contribution in [0, 0.1) is 19.7 Å². The highest BCUT2D eigenvalue weighted by molar-refractivity contribution is 5.77. The number of aromatic nitrogens is 2. The highest BCUT2D eigenvalue weighted by atomic mass is 19.1. The molecule has 0 aliphatic rings. The van der Waals surface area contributed by atoms with Crippen LogP contribution in [0.15, 0.2) is 54.6 Å². The molecule has 2 N–H and O–H groups in total. The molecular formula is C21H22FN3O. The molecule has 0 unspecified atom stereocenters. The molecule has 0 bridgehead atoms. The maximum atomic E-state index is 13.3. The first-order chi connectivity index (χ1) is 12.5. The first kappa shape index (κ1) is 17.9. The highest BCUT2D eigenvalue weighted by Gasteiger charge is 2.19. The number of carbonyl (C=O) groups excluding carboxylic acids is 1. The lowest BCUT2D eigenvalue weighted by Gasteiger charge is -2.18. The Morgan fingerprint density at radius 2 is 1.73 bits per heavy atom. The summed E-state index contributed by atoms with van der Waals surface area (Å²) in [5, 5.41) is 10.0. The molecule has 1 amide bonds. The first-order valence-electron chi connectivity index (χ1n) is 8.62. The number of nitrogens with zero attached hydrogens (tertiary/aromatic N) is 1. The second-order valence-corrected chi connectivity index (χ2v) is 6.41. The minimum Gasteiger partial charge on any atom is -0.352 e. The maximum Gasteiger partial charge on any atom is 0.221 e. The van der Waals surface area contributed by atoms with Gasteiger partial charge >= 0.3 is 0 Å². The van der Waals surface area contributed by atoms with E-state index in [2.05, 4.69) is 15.5 Å². The molecule has 4 nitrogen and oxygen atoms in total. The summed E-state index contributed by atoms with van der Waals surface area (Å²) in [7, 11) is 0. The van der Waals surface area contributed by atoms with E-state index in [9.17, 15) is 9.18 Å². The minimum absolute atomic E-state index is 0.0526. The highest BCUT2D eigenvalue weighted by Crippen LogP contribution is 2.28. The van der Waals surface area contributed by atoms with Gasteiger partial charge in [0.1, 0.15) is 5.82 Å². The van der Waals surface area contributed by atoms with Gasteiger partial charge in [0.15, 0.2) is 0 Å². The number of hydrogen-bond acceptors (Lipinski definition) is 2. The zero-order valence-corrected chi connectivity index (χ0v) is 14.9. The molecule has 1 aromatic heterocycles. The van der Waals surface area contributed by atoms with Crippen LogP contribution in [0.2, 0.25) is 0 Å². The second kappa shape index (κ2) is 7.95. The van der Waals surface area contributed by atoms with Gasteiger partial charge in [-0.05, 0) is 37.1 Å². The van der Waals surface area contributed by atoms with Crippen LogP contribution in [0.1, 0.15) is 40.4 Å². The van der Waals surface area contributed by atoms with Gasteiger partial charge in [0.25, 0.3) is 0 Å². The average Bonchev–Trinajstić information content (AvgIpc) is 2.97. The number of H-pyrrole nitrogens is 1. The van der Waals surface area contributed by atoms with Gasteiger partial charge in [-0.15, -0.1) is 0 Å². The Kier molecular flexibility index (Phi) is 5.46. The fourth-order valence-corrected chi connectivity index (χ4v) is 3.09. The topological polar surface area (TPSA) is 57.8 Å². The van der Waals surface area contributed by atoms with Crippen molar-refractivity contribution >= 4 is 5.91 Å². The van der Waals surface area contributed by atoms with E-state index >= 15 is 0 Å². The Labute approximate surface area is 152 Å². The van der Waals surface area contributed by atoms with Crippen LogP contribution in [0.25, 0.3) is 0 Å². The molecule has 0 aliphatic heterocycles. The Hall–Kier alpha value is -2.95. The normalized spacial score (nSPS) is 12.0. The summed E-state index contributed by atoms with van der Waals surface area (Å²) in [4.78, 5) is 12.6. The van der Waals surface area contributed by atoms with Crippen LogP contribution in [-0.4, -0.2) is 16.1 Å². The Bertz CT molecular complexity index is 853. The van der Waals surface area contributed by atoms with Crippen molar-refractivity contribution in [3.8, 4) is 0 Å². The molecule has 1 atom stereocenters. The molecule has 26 heavy (non-hydrogen) atoms. The van der Waals surface area contributed by atoms with E-state index < -0.39 is 0 Å². The van der Waals surface area contributed by atoms with Crippen LogP contribution >= 0.6 is 0 Å². The quantitative estimate of drug-likeness (QED) is 0.705. The zero-order chi connectivity index (χ0) is 18.5. The van der Waals surface area contributed by atoms with Crippen LogP contribution in [0.5, 0.6) is 0 Å². The van der Waals surface area contributed by atoms with Gasteiger partial charge in [-0.1, -0.05) is 42.5 Å². The third kappa shape index (κ3) is 4.17. The summed E-state index contributed by atoms with van der Waals surface area (Å²) in [6.45, 7) is 4.29. The first-order valence-corrected chi connectivity index (χ1v) is 8.62. The number of benzene rings is 2. The second-order valence-electron chi connectivity index (χ2n) is 6.41. The molecule has 5 heteroatoms. The molecule has 0 aliphatic carbocycles. The smallest absolute Gasteiger partial charge is 0.221 e. The van der Waals surface area contributed by atoms with Crippen LogP contribution in [0.3, 0.4) is 0 Å². The van der Waals surface area contributed by atoms with Crippen LogP contribution < -0.4 is 5.32 Å². The van der Waals surface area contributed by atoms with Gasteiger partial charge in [0.05, 0.1) is 5.69 Å². The summed E-state index contributed by atoms with van der Waals surface area (Å²) in [6, 6.07) is 16.2. The summed E-state index contributed by atoms with van der Waals surface area (Å²) in [5.74, 6) is -0.456. The van der Waals surface area contributed by atoms with E-state index in [4.69, 9.17) is 0 Å². The summed E-state index contributed by atoms with van der Waals surface area (Å²) < 4.78 is 13.3. The lowest BCUT2D eigenvalue weighted by Crippen LogP contribution is -2.25. The predicted octanol–water partition coefficient (Wildman–Crippen LogP) is 4.00. The van der Waals surface area contributed by atoms with Gasteiger partial charge in [-0.2, -0.15) is 5.10 Å². The van der Waals surface area contributed by atoms with Gasteiger partial charge in [-0.25, -0.2) is 4.39 Å². The Morgan fingerprint density at radius 1 is 1.08 bits per heavy atom. The van der Waals surface area contributed by atoms with Crippen molar-refractivity contribution in [2.75, 3.05) is 0 Å².